The molecule has 2 fully saturated rings. The van der Waals surface area contributed by atoms with E-state index in [0.29, 0.717) is 26.3 Å². The van der Waals surface area contributed by atoms with Crippen molar-refractivity contribution in [2.45, 2.75) is 36.2 Å². The van der Waals surface area contributed by atoms with Gasteiger partial charge in [-0.2, -0.15) is 0 Å². The van der Waals surface area contributed by atoms with Crippen LogP contribution in [0, 0.1) is 6.92 Å². The number of hydrogen-bond donors (Lipinski definition) is 3. The number of hydrogen-bond acceptors (Lipinski definition) is 7. The highest BCUT2D eigenvalue weighted by atomic mass is 32.2. The van der Waals surface area contributed by atoms with Gasteiger partial charge in [0.25, 0.3) is 0 Å². The molecule has 1 aromatic carbocycles. The second-order valence-electron chi connectivity index (χ2n) is 6.69. The second-order valence-corrected chi connectivity index (χ2v) is 8.46. The molecule has 8 nitrogen and oxygen atoms in total. The predicted molar refractivity (Wildman–Crippen MR) is 94.3 cm³/mol. The third-order valence-corrected chi connectivity index (χ3v) is 6.35. The molecule has 2 heterocycles. The Bertz CT molecular complexity index is 690. The number of sulfonamides is 1. The van der Waals surface area contributed by atoms with Crippen LogP contribution in [0.1, 0.15) is 5.56 Å². The third-order valence-electron chi connectivity index (χ3n) is 4.91. The Morgan fingerprint density at radius 1 is 1.19 bits per heavy atom. The van der Waals surface area contributed by atoms with Crippen LogP contribution < -0.4 is 4.72 Å². The van der Waals surface area contributed by atoms with Crippen molar-refractivity contribution in [1.29, 1.82) is 0 Å². The number of rotatable bonds is 6. The fourth-order valence-corrected chi connectivity index (χ4v) is 4.51. The molecule has 4 unspecified atom stereocenters. The van der Waals surface area contributed by atoms with Crippen LogP contribution in [0.2, 0.25) is 0 Å². The minimum absolute atomic E-state index is 0.0196. The van der Waals surface area contributed by atoms with Crippen molar-refractivity contribution in [2.75, 3.05) is 39.5 Å². The molecule has 9 heteroatoms. The monoisotopic (exact) mass is 386 g/mol. The predicted octanol–water partition coefficient (Wildman–Crippen LogP) is -0.905. The molecule has 0 saturated carbocycles. The highest BCUT2D eigenvalue weighted by molar-refractivity contribution is 7.89. The van der Waals surface area contributed by atoms with Gasteiger partial charge in [0.2, 0.25) is 10.0 Å². The van der Waals surface area contributed by atoms with Crippen molar-refractivity contribution in [1.82, 2.24) is 9.62 Å². The normalized spacial score (nSPS) is 30.6. The average molecular weight is 386 g/mol. The lowest BCUT2D eigenvalue weighted by Gasteiger charge is -2.36. The standard InChI is InChI=1S/C17H26N2O6S/c1-12-2-4-13(5-3-12)26(22,23)18-10-14-16(17(21)15(11-20)25-14)19-6-8-24-9-7-19/h2-5,14-18,20-21H,6-11H2,1H3. The van der Waals surface area contributed by atoms with Crippen LogP contribution in [0.25, 0.3) is 0 Å². The molecule has 3 rings (SSSR count). The summed E-state index contributed by atoms with van der Waals surface area (Å²) in [7, 11) is -3.68. The zero-order valence-corrected chi connectivity index (χ0v) is 15.6. The van der Waals surface area contributed by atoms with Gasteiger partial charge in [0.1, 0.15) is 12.2 Å². The minimum atomic E-state index is -3.68. The van der Waals surface area contributed by atoms with Crippen LogP contribution in [0.5, 0.6) is 0 Å². The molecule has 26 heavy (non-hydrogen) atoms. The molecule has 0 aromatic heterocycles. The molecule has 4 atom stereocenters. The molecule has 2 aliphatic rings. The largest absolute Gasteiger partial charge is 0.394 e. The fraction of sp³-hybridized carbons (Fsp3) is 0.647. The van der Waals surface area contributed by atoms with Crippen LogP contribution in [0.3, 0.4) is 0 Å². The lowest BCUT2D eigenvalue weighted by atomic mass is 10.0. The molecule has 0 aliphatic carbocycles. The summed E-state index contributed by atoms with van der Waals surface area (Å²) >= 11 is 0. The van der Waals surface area contributed by atoms with Crippen molar-refractivity contribution in [3.63, 3.8) is 0 Å². The Balaban J connectivity index is 1.70. The zero-order valence-electron chi connectivity index (χ0n) is 14.7. The van der Waals surface area contributed by atoms with Gasteiger partial charge in [0.15, 0.2) is 0 Å². The van der Waals surface area contributed by atoms with Gasteiger partial charge in [-0.1, -0.05) is 17.7 Å². The summed E-state index contributed by atoms with van der Waals surface area (Å²) in [5, 5.41) is 19.9. The number of aliphatic hydroxyl groups excluding tert-OH is 2. The zero-order chi connectivity index (χ0) is 18.7. The maximum absolute atomic E-state index is 12.5. The summed E-state index contributed by atoms with van der Waals surface area (Å²) in [5.41, 5.74) is 0.976. The molecule has 0 amide bonds. The summed E-state index contributed by atoms with van der Waals surface area (Å²) in [6.45, 7) is 3.95. The van der Waals surface area contributed by atoms with E-state index in [-0.39, 0.29) is 18.0 Å². The second kappa shape index (κ2) is 8.30. The van der Waals surface area contributed by atoms with Crippen molar-refractivity contribution in [3.05, 3.63) is 29.8 Å². The first-order chi connectivity index (χ1) is 12.4. The fourth-order valence-electron chi connectivity index (χ4n) is 3.46. The number of aliphatic hydroxyl groups is 2. The average Bonchev–Trinajstić information content (AvgIpc) is 2.97. The Hall–Kier alpha value is -1.07. The van der Waals surface area contributed by atoms with Gasteiger partial charge in [-0.3, -0.25) is 4.90 Å². The SMILES string of the molecule is Cc1ccc(S(=O)(=O)NCC2OC(CO)C(O)C2N2CCOCC2)cc1. The van der Waals surface area contributed by atoms with E-state index in [0.717, 1.165) is 5.56 Å². The first-order valence-corrected chi connectivity index (χ1v) is 10.2. The Morgan fingerprint density at radius 2 is 1.85 bits per heavy atom. The van der Waals surface area contributed by atoms with E-state index < -0.39 is 34.4 Å². The number of benzene rings is 1. The van der Waals surface area contributed by atoms with Crippen LogP contribution in [-0.4, -0.2) is 87.3 Å². The van der Waals surface area contributed by atoms with Crippen molar-refractivity contribution < 1.29 is 28.1 Å². The van der Waals surface area contributed by atoms with E-state index in [1.165, 1.54) is 0 Å². The molecule has 3 N–H and O–H groups in total. The quantitative estimate of drug-likeness (QED) is 0.581. The molecular formula is C17H26N2O6S. The van der Waals surface area contributed by atoms with Crippen LogP contribution >= 0.6 is 0 Å². The smallest absolute Gasteiger partial charge is 0.240 e. The molecule has 0 spiro atoms. The van der Waals surface area contributed by atoms with E-state index in [4.69, 9.17) is 9.47 Å². The number of ether oxygens (including phenoxy) is 2. The maximum atomic E-state index is 12.5. The van der Waals surface area contributed by atoms with Crippen LogP contribution in [0.15, 0.2) is 29.2 Å². The van der Waals surface area contributed by atoms with Crippen molar-refractivity contribution in [2.24, 2.45) is 0 Å². The number of nitrogens with one attached hydrogen (secondary N) is 1. The van der Waals surface area contributed by atoms with Gasteiger partial charge in [0, 0.05) is 19.6 Å². The summed E-state index contributed by atoms with van der Waals surface area (Å²) in [6.07, 6.45) is -2.16. The van der Waals surface area contributed by atoms with Gasteiger partial charge in [-0.25, -0.2) is 13.1 Å². The molecule has 1 aromatic rings. The van der Waals surface area contributed by atoms with Crippen molar-refractivity contribution in [3.8, 4) is 0 Å². The van der Waals surface area contributed by atoms with Gasteiger partial charge in [-0.05, 0) is 19.1 Å². The number of nitrogens with zero attached hydrogens (tertiary/aromatic N) is 1. The lowest BCUT2D eigenvalue weighted by Crippen LogP contribution is -2.54. The highest BCUT2D eigenvalue weighted by Gasteiger charge is 2.46. The first kappa shape index (κ1) is 19.7. The summed E-state index contributed by atoms with van der Waals surface area (Å²) in [5.74, 6) is 0. The Labute approximate surface area is 153 Å². The Kier molecular flexibility index (Phi) is 6.29. The van der Waals surface area contributed by atoms with Gasteiger partial charge in [-0.15, -0.1) is 0 Å². The Morgan fingerprint density at radius 3 is 2.46 bits per heavy atom. The van der Waals surface area contributed by atoms with E-state index in [1.807, 2.05) is 11.8 Å². The number of morpholine rings is 1. The summed E-state index contributed by atoms with van der Waals surface area (Å²) in [4.78, 5) is 2.22. The number of aryl methyl sites for hydroxylation is 1. The molecule has 2 saturated heterocycles. The van der Waals surface area contributed by atoms with E-state index in [9.17, 15) is 18.6 Å². The molecule has 0 radical (unpaired) electrons. The van der Waals surface area contributed by atoms with Gasteiger partial charge >= 0.3 is 0 Å². The van der Waals surface area contributed by atoms with Gasteiger partial charge in [0.05, 0.1) is 36.9 Å². The minimum Gasteiger partial charge on any atom is -0.394 e. The van der Waals surface area contributed by atoms with Gasteiger partial charge < -0.3 is 19.7 Å². The molecule has 146 valence electrons. The topological polar surface area (TPSA) is 108 Å². The van der Waals surface area contributed by atoms with E-state index >= 15 is 0 Å². The maximum Gasteiger partial charge on any atom is 0.240 e. The summed E-state index contributed by atoms with van der Waals surface area (Å²) in [6, 6.07) is 6.19. The lowest BCUT2D eigenvalue weighted by molar-refractivity contribution is -0.0207. The van der Waals surface area contributed by atoms with Crippen LogP contribution in [0.4, 0.5) is 0 Å². The highest BCUT2D eigenvalue weighted by Crippen LogP contribution is 2.26. The van der Waals surface area contributed by atoms with E-state index in [2.05, 4.69) is 4.72 Å². The van der Waals surface area contributed by atoms with Crippen LogP contribution in [-0.2, 0) is 19.5 Å². The first-order valence-electron chi connectivity index (χ1n) is 8.75. The third kappa shape index (κ3) is 4.25. The van der Waals surface area contributed by atoms with E-state index in [1.54, 1.807) is 24.3 Å². The molecular weight excluding hydrogens is 360 g/mol. The summed E-state index contributed by atoms with van der Waals surface area (Å²) < 4.78 is 38.6. The molecule has 0 bridgehead atoms. The van der Waals surface area contributed by atoms with Crippen molar-refractivity contribution >= 4 is 10.0 Å². The molecule has 2 aliphatic heterocycles.